The summed E-state index contributed by atoms with van der Waals surface area (Å²) >= 11 is 0. The minimum absolute atomic E-state index is 0.250. The highest BCUT2D eigenvalue weighted by Crippen LogP contribution is 2.41. The van der Waals surface area contributed by atoms with Crippen LogP contribution in [-0.2, 0) is 16.6 Å². The molecule has 0 amide bonds. The number of Topliss-reactive ketones (excluding diaryl/α,β-unsaturated/α-hetero) is 1. The molecule has 0 atom stereocenters. The van der Waals surface area contributed by atoms with Gasteiger partial charge in [-0.1, -0.05) is 6.07 Å². The maximum Gasteiger partial charge on any atom is 0.143 e. The van der Waals surface area contributed by atoms with Crippen LogP contribution in [0, 0.1) is 0 Å². The van der Waals surface area contributed by atoms with Gasteiger partial charge in [-0.25, -0.2) is 0 Å². The minimum Gasteiger partial charge on any atom is -0.495 e. The van der Waals surface area contributed by atoms with Gasteiger partial charge in [-0.3, -0.25) is 4.79 Å². The van der Waals surface area contributed by atoms with Crippen LogP contribution in [0.1, 0.15) is 31.4 Å². The Morgan fingerprint density at radius 3 is 2.62 bits per heavy atom. The van der Waals surface area contributed by atoms with Crippen LogP contribution in [0.3, 0.4) is 0 Å². The van der Waals surface area contributed by atoms with Gasteiger partial charge in [0.15, 0.2) is 0 Å². The van der Waals surface area contributed by atoms with Crippen molar-refractivity contribution in [2.45, 2.75) is 32.1 Å². The highest BCUT2D eigenvalue weighted by atomic mass is 16.5. The molecule has 0 spiro atoms. The molecule has 2 rings (SSSR count). The van der Waals surface area contributed by atoms with Crippen molar-refractivity contribution in [3.05, 3.63) is 23.3 Å². The van der Waals surface area contributed by atoms with Crippen LogP contribution in [0.25, 0.3) is 0 Å². The fraction of sp³-hybridized carbons (Fsp3) is 0.462. The predicted molar refractivity (Wildman–Crippen MR) is 63.8 cm³/mol. The van der Waals surface area contributed by atoms with Crippen LogP contribution in [0.15, 0.2) is 12.1 Å². The molecule has 0 unspecified atom stereocenters. The molecule has 0 aromatic heterocycles. The molecule has 1 aromatic carbocycles. The second-order valence-corrected chi connectivity index (χ2v) is 4.76. The van der Waals surface area contributed by atoms with Crippen LogP contribution in [0.2, 0.25) is 0 Å². The Bertz CT molecular complexity index is 449. The number of rotatable bonds is 1. The Hall–Kier alpha value is -1.51. The number of anilines is 1. The van der Waals surface area contributed by atoms with Crippen molar-refractivity contribution >= 4 is 11.5 Å². The summed E-state index contributed by atoms with van der Waals surface area (Å²) in [6, 6.07) is 3.89. The molecule has 0 bridgehead atoms. The van der Waals surface area contributed by atoms with E-state index in [1.165, 1.54) is 5.56 Å². The van der Waals surface area contributed by atoms with Crippen molar-refractivity contribution in [2.24, 2.45) is 0 Å². The molecule has 0 fully saturated rings. The minimum atomic E-state index is -0.494. The predicted octanol–water partition coefficient (Wildman–Crippen LogP) is 2.07. The van der Waals surface area contributed by atoms with E-state index >= 15 is 0 Å². The number of nitrogens with two attached hydrogens (primary N) is 1. The van der Waals surface area contributed by atoms with Gasteiger partial charge in [0.2, 0.25) is 0 Å². The largest absolute Gasteiger partial charge is 0.495 e. The molecule has 3 heteroatoms. The van der Waals surface area contributed by atoms with Gasteiger partial charge in [0.1, 0.15) is 11.5 Å². The third-order valence-electron chi connectivity index (χ3n) is 3.46. The maximum atomic E-state index is 11.9. The van der Waals surface area contributed by atoms with Crippen molar-refractivity contribution in [3.63, 3.8) is 0 Å². The summed E-state index contributed by atoms with van der Waals surface area (Å²) in [5.41, 5.74) is 8.31. The molecule has 0 heterocycles. The lowest BCUT2D eigenvalue weighted by Gasteiger charge is -2.32. The van der Waals surface area contributed by atoms with E-state index in [1.54, 1.807) is 7.11 Å². The first kappa shape index (κ1) is 11.0. The zero-order valence-corrected chi connectivity index (χ0v) is 9.96. The van der Waals surface area contributed by atoms with Crippen LogP contribution in [-0.4, -0.2) is 12.9 Å². The molecule has 1 aliphatic carbocycles. The number of hydrogen-bond donors (Lipinski definition) is 1. The molecule has 0 aliphatic heterocycles. The van der Waals surface area contributed by atoms with Gasteiger partial charge >= 0.3 is 0 Å². The van der Waals surface area contributed by atoms with Crippen LogP contribution in [0.5, 0.6) is 5.75 Å². The van der Waals surface area contributed by atoms with E-state index in [0.717, 1.165) is 12.0 Å². The summed E-state index contributed by atoms with van der Waals surface area (Å²) < 4.78 is 5.20. The van der Waals surface area contributed by atoms with Gasteiger partial charge in [-0.2, -0.15) is 0 Å². The number of fused-ring (bicyclic) bond motifs is 1. The Morgan fingerprint density at radius 2 is 2.00 bits per heavy atom. The van der Waals surface area contributed by atoms with E-state index in [-0.39, 0.29) is 5.78 Å². The molecule has 86 valence electrons. The monoisotopic (exact) mass is 219 g/mol. The van der Waals surface area contributed by atoms with Crippen LogP contribution >= 0.6 is 0 Å². The maximum absolute atomic E-state index is 11.9. The van der Waals surface area contributed by atoms with Gasteiger partial charge < -0.3 is 10.5 Å². The van der Waals surface area contributed by atoms with Crippen LogP contribution in [0.4, 0.5) is 5.69 Å². The highest BCUT2D eigenvalue weighted by Gasteiger charge is 2.37. The Labute approximate surface area is 95.6 Å². The average molecular weight is 219 g/mol. The number of aryl methyl sites for hydroxylation is 1. The van der Waals surface area contributed by atoms with Gasteiger partial charge in [0, 0.05) is 6.42 Å². The standard InChI is InChI=1S/C13H17NO2/c1-13(2)10(15)7-5-8-4-6-9(16-3)12(14)11(8)13/h4,6H,5,7,14H2,1-3H3. The fourth-order valence-corrected chi connectivity index (χ4v) is 2.47. The summed E-state index contributed by atoms with van der Waals surface area (Å²) in [4.78, 5) is 11.9. The SMILES string of the molecule is COc1ccc2c(c1N)C(C)(C)C(=O)CC2. The quantitative estimate of drug-likeness (QED) is 0.736. The molecular weight excluding hydrogens is 202 g/mol. The number of nitrogen functional groups attached to an aromatic ring is 1. The topological polar surface area (TPSA) is 52.3 Å². The van der Waals surface area contributed by atoms with Crippen LogP contribution < -0.4 is 10.5 Å². The molecule has 0 saturated carbocycles. The number of carbonyl (C=O) groups is 1. The van der Waals surface area contributed by atoms with Crippen molar-refractivity contribution in [3.8, 4) is 5.75 Å². The molecule has 16 heavy (non-hydrogen) atoms. The number of hydrogen-bond acceptors (Lipinski definition) is 3. The lowest BCUT2D eigenvalue weighted by molar-refractivity contribution is -0.124. The third-order valence-corrected chi connectivity index (χ3v) is 3.46. The fourth-order valence-electron chi connectivity index (χ4n) is 2.47. The van der Waals surface area contributed by atoms with Gasteiger partial charge in [-0.05, 0) is 37.5 Å². The Balaban J connectivity index is 2.68. The number of methoxy groups -OCH3 is 1. The lowest BCUT2D eigenvalue weighted by Crippen LogP contribution is -2.35. The molecular formula is C13H17NO2. The van der Waals surface area contributed by atoms with E-state index in [1.807, 2.05) is 26.0 Å². The molecule has 3 nitrogen and oxygen atoms in total. The van der Waals surface area contributed by atoms with E-state index in [9.17, 15) is 4.79 Å². The zero-order valence-electron chi connectivity index (χ0n) is 9.96. The van der Waals surface area contributed by atoms with E-state index in [0.29, 0.717) is 17.9 Å². The van der Waals surface area contributed by atoms with E-state index in [4.69, 9.17) is 10.5 Å². The normalized spacial score (nSPS) is 18.1. The molecule has 2 N–H and O–H groups in total. The van der Waals surface area contributed by atoms with Gasteiger partial charge in [0.05, 0.1) is 18.2 Å². The Kier molecular flexibility index (Phi) is 2.41. The van der Waals surface area contributed by atoms with Crippen molar-refractivity contribution in [1.29, 1.82) is 0 Å². The second kappa shape index (κ2) is 3.51. The second-order valence-electron chi connectivity index (χ2n) is 4.76. The highest BCUT2D eigenvalue weighted by molar-refractivity contribution is 5.94. The van der Waals surface area contributed by atoms with Gasteiger partial charge in [0.25, 0.3) is 0 Å². The number of ketones is 1. The smallest absolute Gasteiger partial charge is 0.143 e. The third kappa shape index (κ3) is 1.39. The van der Waals surface area contributed by atoms with Crippen molar-refractivity contribution in [2.75, 3.05) is 12.8 Å². The summed E-state index contributed by atoms with van der Waals surface area (Å²) in [7, 11) is 1.59. The number of ether oxygens (including phenoxy) is 1. The van der Waals surface area contributed by atoms with Crippen molar-refractivity contribution in [1.82, 2.24) is 0 Å². The summed E-state index contributed by atoms with van der Waals surface area (Å²) in [5, 5.41) is 0. The molecule has 0 saturated heterocycles. The first-order chi connectivity index (χ1) is 7.48. The van der Waals surface area contributed by atoms with E-state index < -0.39 is 5.41 Å². The summed E-state index contributed by atoms with van der Waals surface area (Å²) in [6.45, 7) is 3.87. The van der Waals surface area contributed by atoms with E-state index in [2.05, 4.69) is 0 Å². The first-order valence-electron chi connectivity index (χ1n) is 5.47. The summed E-state index contributed by atoms with van der Waals surface area (Å²) in [6.07, 6.45) is 1.39. The molecule has 0 radical (unpaired) electrons. The molecule has 1 aliphatic rings. The van der Waals surface area contributed by atoms with Gasteiger partial charge in [-0.15, -0.1) is 0 Å². The first-order valence-corrected chi connectivity index (χ1v) is 5.47. The number of carbonyl (C=O) groups excluding carboxylic acids is 1. The lowest BCUT2D eigenvalue weighted by atomic mass is 9.71. The molecule has 1 aromatic rings. The summed E-state index contributed by atoms with van der Waals surface area (Å²) in [5.74, 6) is 0.904. The average Bonchev–Trinajstić information content (AvgIpc) is 2.24. The van der Waals surface area contributed by atoms with Crippen molar-refractivity contribution < 1.29 is 9.53 Å². The Morgan fingerprint density at radius 1 is 1.31 bits per heavy atom. The number of benzene rings is 1. The zero-order chi connectivity index (χ0) is 11.9.